The van der Waals surface area contributed by atoms with Crippen LogP contribution in [0.4, 0.5) is 0 Å². The van der Waals surface area contributed by atoms with Crippen molar-refractivity contribution in [2.75, 3.05) is 0 Å². The van der Waals surface area contributed by atoms with Crippen LogP contribution in [0.1, 0.15) is 49.1 Å². The van der Waals surface area contributed by atoms with E-state index in [9.17, 15) is 4.79 Å². The Kier molecular flexibility index (Phi) is 2.84. The zero-order valence-corrected chi connectivity index (χ0v) is 10.1. The predicted molar refractivity (Wildman–Crippen MR) is 69.1 cm³/mol. The van der Waals surface area contributed by atoms with Gasteiger partial charge in [0.05, 0.1) is 0 Å². The Bertz CT molecular complexity index is 470. The molecule has 1 unspecified atom stereocenters. The van der Waals surface area contributed by atoms with E-state index >= 15 is 0 Å². The van der Waals surface area contributed by atoms with Crippen LogP contribution in [0.25, 0.3) is 0 Å². The molecule has 0 bridgehead atoms. The van der Waals surface area contributed by atoms with Crippen LogP contribution in [0.15, 0.2) is 35.9 Å². The summed E-state index contributed by atoms with van der Waals surface area (Å²) in [5, 5.41) is 0. The third kappa shape index (κ3) is 2.06. The normalized spacial score (nSPS) is 22.4. The minimum absolute atomic E-state index is 0.393. The van der Waals surface area contributed by atoms with Crippen molar-refractivity contribution in [3.63, 3.8) is 0 Å². The maximum absolute atomic E-state index is 12.1. The number of allylic oxidation sites excluding steroid dienone is 2. The minimum atomic E-state index is 0.393. The number of fused-ring (bicyclic) bond motifs is 1. The van der Waals surface area contributed by atoms with Crippen molar-refractivity contribution in [1.82, 2.24) is 0 Å². The Hall–Kier alpha value is -1.37. The summed E-state index contributed by atoms with van der Waals surface area (Å²) in [6.45, 7) is 0. The predicted octanol–water partition coefficient (Wildman–Crippen LogP) is 3.79. The zero-order chi connectivity index (χ0) is 11.7. The van der Waals surface area contributed by atoms with Crippen LogP contribution in [0.5, 0.6) is 0 Å². The first-order valence-corrected chi connectivity index (χ1v) is 6.64. The fraction of sp³-hybridized carbons (Fsp3) is 0.438. The SMILES string of the molecule is O=C(CC1Cc2ccccc21)C1=CCCCC1. The lowest BCUT2D eigenvalue weighted by Gasteiger charge is -2.30. The van der Waals surface area contributed by atoms with E-state index in [-0.39, 0.29) is 0 Å². The monoisotopic (exact) mass is 226 g/mol. The van der Waals surface area contributed by atoms with Gasteiger partial charge in [-0.25, -0.2) is 0 Å². The summed E-state index contributed by atoms with van der Waals surface area (Å²) < 4.78 is 0. The Labute approximate surface area is 103 Å². The lowest BCUT2D eigenvalue weighted by molar-refractivity contribution is -0.116. The molecule has 0 fully saturated rings. The molecule has 1 aromatic carbocycles. The van der Waals surface area contributed by atoms with Crippen molar-refractivity contribution in [1.29, 1.82) is 0 Å². The first-order chi connectivity index (χ1) is 8.34. The molecule has 0 heterocycles. The Morgan fingerprint density at radius 1 is 1.24 bits per heavy atom. The van der Waals surface area contributed by atoms with Crippen LogP contribution in [-0.2, 0) is 11.2 Å². The Morgan fingerprint density at radius 3 is 2.88 bits per heavy atom. The molecular weight excluding hydrogens is 208 g/mol. The highest BCUT2D eigenvalue weighted by molar-refractivity contribution is 5.96. The van der Waals surface area contributed by atoms with Crippen LogP contribution in [0.2, 0.25) is 0 Å². The average Bonchev–Trinajstić information content (AvgIpc) is 2.37. The summed E-state index contributed by atoms with van der Waals surface area (Å²) in [5.41, 5.74) is 3.93. The molecule has 1 aromatic rings. The molecule has 0 saturated heterocycles. The molecule has 2 aliphatic rings. The molecule has 0 amide bonds. The molecule has 0 spiro atoms. The summed E-state index contributed by atoms with van der Waals surface area (Å²) in [6, 6.07) is 8.51. The van der Waals surface area contributed by atoms with Crippen molar-refractivity contribution in [2.24, 2.45) is 0 Å². The highest BCUT2D eigenvalue weighted by Gasteiger charge is 2.28. The van der Waals surface area contributed by atoms with Gasteiger partial charge in [-0.2, -0.15) is 0 Å². The zero-order valence-electron chi connectivity index (χ0n) is 10.1. The summed E-state index contributed by atoms with van der Waals surface area (Å²) in [6.07, 6.45) is 8.53. The quantitative estimate of drug-likeness (QED) is 0.766. The number of Topliss-reactive ketones (excluding diaryl/α,β-unsaturated/α-hetero) is 1. The number of hydrogen-bond acceptors (Lipinski definition) is 1. The fourth-order valence-corrected chi connectivity index (χ4v) is 2.99. The van der Waals surface area contributed by atoms with E-state index in [4.69, 9.17) is 0 Å². The second-order valence-electron chi connectivity index (χ2n) is 5.20. The van der Waals surface area contributed by atoms with E-state index in [0.29, 0.717) is 11.7 Å². The molecule has 0 aromatic heterocycles. The summed E-state index contributed by atoms with van der Waals surface area (Å²) in [7, 11) is 0. The largest absolute Gasteiger partial charge is 0.295 e. The van der Waals surface area contributed by atoms with Gasteiger partial charge in [0.1, 0.15) is 0 Å². The molecule has 0 saturated carbocycles. The van der Waals surface area contributed by atoms with Gasteiger partial charge in [0.15, 0.2) is 5.78 Å². The Balaban J connectivity index is 1.66. The third-order valence-corrected chi connectivity index (χ3v) is 4.04. The standard InChI is InChI=1S/C16H18O/c17-16(12-6-2-1-3-7-12)11-14-10-13-8-4-5-9-15(13)14/h4-6,8-9,14H,1-3,7,10-11H2. The third-order valence-electron chi connectivity index (χ3n) is 4.04. The minimum Gasteiger partial charge on any atom is -0.295 e. The van der Waals surface area contributed by atoms with Crippen LogP contribution in [0, 0.1) is 0 Å². The number of rotatable bonds is 3. The molecule has 0 N–H and O–H groups in total. The van der Waals surface area contributed by atoms with Crippen LogP contribution < -0.4 is 0 Å². The van der Waals surface area contributed by atoms with Crippen molar-refractivity contribution >= 4 is 5.78 Å². The van der Waals surface area contributed by atoms with Gasteiger partial charge < -0.3 is 0 Å². The van der Waals surface area contributed by atoms with Gasteiger partial charge in [-0.05, 0) is 54.7 Å². The van der Waals surface area contributed by atoms with E-state index in [1.54, 1.807) is 0 Å². The first-order valence-electron chi connectivity index (χ1n) is 6.64. The van der Waals surface area contributed by atoms with Gasteiger partial charge in [0.2, 0.25) is 0 Å². The molecule has 1 nitrogen and oxygen atoms in total. The summed E-state index contributed by atoms with van der Waals surface area (Å²) >= 11 is 0. The number of carbonyl (C=O) groups is 1. The summed E-state index contributed by atoms with van der Waals surface area (Å²) in [4.78, 5) is 12.1. The van der Waals surface area contributed by atoms with Crippen LogP contribution in [-0.4, -0.2) is 5.78 Å². The lowest BCUT2D eigenvalue weighted by atomic mass is 9.74. The molecule has 0 radical (unpaired) electrons. The van der Waals surface area contributed by atoms with Gasteiger partial charge in [-0.1, -0.05) is 30.3 Å². The smallest absolute Gasteiger partial charge is 0.159 e. The van der Waals surface area contributed by atoms with Gasteiger partial charge in [0.25, 0.3) is 0 Å². The van der Waals surface area contributed by atoms with Crippen molar-refractivity contribution in [3.05, 3.63) is 47.0 Å². The number of ketones is 1. The van der Waals surface area contributed by atoms with Gasteiger partial charge >= 0.3 is 0 Å². The molecular formula is C16H18O. The first kappa shape index (κ1) is 10.8. The van der Waals surface area contributed by atoms with E-state index in [1.807, 2.05) is 0 Å². The van der Waals surface area contributed by atoms with Crippen molar-refractivity contribution in [2.45, 2.75) is 44.4 Å². The molecule has 1 atom stereocenters. The van der Waals surface area contributed by atoms with E-state index in [2.05, 4.69) is 30.3 Å². The van der Waals surface area contributed by atoms with Crippen molar-refractivity contribution in [3.8, 4) is 0 Å². The molecule has 88 valence electrons. The van der Waals surface area contributed by atoms with E-state index in [1.165, 1.54) is 24.0 Å². The summed E-state index contributed by atoms with van der Waals surface area (Å²) in [5.74, 6) is 0.880. The van der Waals surface area contributed by atoms with Crippen LogP contribution >= 0.6 is 0 Å². The van der Waals surface area contributed by atoms with E-state index < -0.39 is 0 Å². The van der Waals surface area contributed by atoms with E-state index in [0.717, 1.165) is 31.3 Å². The number of benzene rings is 1. The number of carbonyl (C=O) groups excluding carboxylic acids is 1. The van der Waals surface area contributed by atoms with Gasteiger partial charge in [0, 0.05) is 6.42 Å². The van der Waals surface area contributed by atoms with Gasteiger partial charge in [-0.15, -0.1) is 0 Å². The maximum Gasteiger partial charge on any atom is 0.159 e. The lowest BCUT2D eigenvalue weighted by Crippen LogP contribution is -2.21. The van der Waals surface area contributed by atoms with Gasteiger partial charge in [-0.3, -0.25) is 4.79 Å². The highest BCUT2D eigenvalue weighted by Crippen LogP contribution is 2.38. The molecule has 17 heavy (non-hydrogen) atoms. The Morgan fingerprint density at radius 2 is 2.12 bits per heavy atom. The topological polar surface area (TPSA) is 17.1 Å². The molecule has 3 rings (SSSR count). The fourth-order valence-electron chi connectivity index (χ4n) is 2.99. The van der Waals surface area contributed by atoms with Crippen LogP contribution in [0.3, 0.4) is 0 Å². The second-order valence-corrected chi connectivity index (χ2v) is 5.20. The maximum atomic E-state index is 12.1. The number of hydrogen-bond donors (Lipinski definition) is 0. The average molecular weight is 226 g/mol. The molecule has 0 aliphatic heterocycles. The highest BCUT2D eigenvalue weighted by atomic mass is 16.1. The second kappa shape index (κ2) is 4.48. The van der Waals surface area contributed by atoms with Crippen molar-refractivity contribution < 1.29 is 4.79 Å². The molecule has 2 aliphatic carbocycles. The molecule has 1 heteroatoms.